The number of benzene rings is 1. The zero-order chi connectivity index (χ0) is 12.5. The Labute approximate surface area is 95.9 Å². The lowest BCUT2D eigenvalue weighted by molar-refractivity contribution is 0.516. The Morgan fingerprint density at radius 3 is 2.25 bits per heavy atom. The molecule has 0 saturated heterocycles. The molecule has 0 amide bonds. The Kier molecular flexibility index (Phi) is 3.70. The normalized spacial score (nSPS) is 12.4. The van der Waals surface area contributed by atoms with Crippen LogP contribution in [-0.2, 0) is 10.0 Å². The zero-order valence-electron chi connectivity index (χ0n) is 9.86. The van der Waals surface area contributed by atoms with E-state index >= 15 is 0 Å². The molecule has 0 fully saturated rings. The van der Waals surface area contributed by atoms with Crippen molar-refractivity contribution in [3.63, 3.8) is 0 Å². The van der Waals surface area contributed by atoms with Crippen molar-refractivity contribution in [2.24, 2.45) is 0 Å². The molecule has 16 heavy (non-hydrogen) atoms. The van der Waals surface area contributed by atoms with Gasteiger partial charge in [-0.05, 0) is 23.6 Å². The van der Waals surface area contributed by atoms with E-state index in [0.29, 0.717) is 5.56 Å². The van der Waals surface area contributed by atoms with Gasteiger partial charge in [0.25, 0.3) is 0 Å². The van der Waals surface area contributed by atoms with Crippen LogP contribution in [0.25, 0.3) is 0 Å². The number of nitrogens with zero attached hydrogens (tertiary/aromatic N) is 1. The van der Waals surface area contributed by atoms with Gasteiger partial charge in [-0.2, -0.15) is 0 Å². The molecule has 0 saturated carbocycles. The van der Waals surface area contributed by atoms with Gasteiger partial charge in [0.05, 0.1) is 4.90 Å². The van der Waals surface area contributed by atoms with Crippen molar-refractivity contribution >= 4 is 10.0 Å². The third kappa shape index (κ3) is 2.41. The highest BCUT2D eigenvalue weighted by molar-refractivity contribution is 7.89. The summed E-state index contributed by atoms with van der Waals surface area (Å²) < 4.78 is 38.1. The van der Waals surface area contributed by atoms with Crippen LogP contribution in [0.15, 0.2) is 23.1 Å². The molecule has 1 aromatic carbocycles. The van der Waals surface area contributed by atoms with E-state index in [0.717, 1.165) is 10.4 Å². The summed E-state index contributed by atoms with van der Waals surface area (Å²) in [6.45, 7) is 3.75. The van der Waals surface area contributed by atoms with Gasteiger partial charge in [0.15, 0.2) is 0 Å². The topological polar surface area (TPSA) is 37.4 Å². The summed E-state index contributed by atoms with van der Waals surface area (Å²) in [5.41, 5.74) is 0.634. The minimum absolute atomic E-state index is 0.0327. The first-order valence-corrected chi connectivity index (χ1v) is 6.42. The van der Waals surface area contributed by atoms with E-state index < -0.39 is 15.8 Å². The molecule has 0 aromatic heterocycles. The average molecular weight is 245 g/mol. The molecule has 0 spiro atoms. The van der Waals surface area contributed by atoms with Gasteiger partial charge in [0.2, 0.25) is 10.0 Å². The molecule has 0 atom stereocenters. The fourth-order valence-electron chi connectivity index (χ4n) is 1.41. The molecule has 5 heteroatoms. The molecule has 0 N–H and O–H groups in total. The standard InChI is InChI=1S/C11H16FNO2S/c1-8(2)10-6-5-9(12)7-11(10)16(14,15)13(3)4/h5-8H,1-4H3. The lowest BCUT2D eigenvalue weighted by Crippen LogP contribution is -2.23. The molecular formula is C11H16FNO2S. The van der Waals surface area contributed by atoms with Crippen LogP contribution < -0.4 is 0 Å². The van der Waals surface area contributed by atoms with Crippen LogP contribution in [0.5, 0.6) is 0 Å². The summed E-state index contributed by atoms with van der Waals surface area (Å²) in [6.07, 6.45) is 0. The summed E-state index contributed by atoms with van der Waals surface area (Å²) in [5.74, 6) is -0.504. The molecule has 0 aliphatic heterocycles. The second-order valence-corrected chi connectivity index (χ2v) is 6.24. The van der Waals surface area contributed by atoms with Crippen LogP contribution >= 0.6 is 0 Å². The lowest BCUT2D eigenvalue weighted by atomic mass is 10.0. The van der Waals surface area contributed by atoms with Gasteiger partial charge >= 0.3 is 0 Å². The predicted molar refractivity (Wildman–Crippen MR) is 61.4 cm³/mol. The minimum atomic E-state index is -3.58. The molecule has 0 radical (unpaired) electrons. The van der Waals surface area contributed by atoms with Gasteiger partial charge in [0, 0.05) is 14.1 Å². The SMILES string of the molecule is CC(C)c1ccc(F)cc1S(=O)(=O)N(C)C. The smallest absolute Gasteiger partial charge is 0.207 e. The van der Waals surface area contributed by atoms with Crippen molar-refractivity contribution < 1.29 is 12.8 Å². The maximum Gasteiger partial charge on any atom is 0.242 e. The van der Waals surface area contributed by atoms with Crippen molar-refractivity contribution in [2.45, 2.75) is 24.7 Å². The first-order chi connectivity index (χ1) is 7.26. The van der Waals surface area contributed by atoms with Crippen molar-refractivity contribution in [1.29, 1.82) is 0 Å². The van der Waals surface area contributed by atoms with E-state index in [4.69, 9.17) is 0 Å². The van der Waals surface area contributed by atoms with Crippen molar-refractivity contribution in [3.05, 3.63) is 29.6 Å². The van der Waals surface area contributed by atoms with Crippen LogP contribution in [0.2, 0.25) is 0 Å². The third-order valence-electron chi connectivity index (χ3n) is 2.36. The number of hydrogen-bond acceptors (Lipinski definition) is 2. The lowest BCUT2D eigenvalue weighted by Gasteiger charge is -2.17. The van der Waals surface area contributed by atoms with Crippen molar-refractivity contribution in [3.8, 4) is 0 Å². The second-order valence-electron chi connectivity index (χ2n) is 4.12. The summed E-state index contributed by atoms with van der Waals surface area (Å²) in [7, 11) is -0.712. The molecule has 1 rings (SSSR count). The molecule has 90 valence electrons. The van der Waals surface area contributed by atoms with Crippen molar-refractivity contribution in [1.82, 2.24) is 4.31 Å². The number of hydrogen-bond donors (Lipinski definition) is 0. The first kappa shape index (κ1) is 13.1. The Hall–Kier alpha value is -0.940. The highest BCUT2D eigenvalue weighted by Crippen LogP contribution is 2.26. The largest absolute Gasteiger partial charge is 0.242 e. The van der Waals surface area contributed by atoms with E-state index in [1.165, 1.54) is 26.2 Å². The molecule has 0 aliphatic carbocycles. The van der Waals surface area contributed by atoms with Crippen molar-refractivity contribution in [2.75, 3.05) is 14.1 Å². The van der Waals surface area contributed by atoms with E-state index in [2.05, 4.69) is 0 Å². The first-order valence-electron chi connectivity index (χ1n) is 4.98. The fourth-order valence-corrected chi connectivity index (χ4v) is 2.66. The Balaban J connectivity index is 3.48. The quantitative estimate of drug-likeness (QED) is 0.818. The Bertz CT molecular complexity index is 481. The van der Waals surface area contributed by atoms with Gasteiger partial charge < -0.3 is 0 Å². The Morgan fingerprint density at radius 1 is 1.25 bits per heavy atom. The predicted octanol–water partition coefficient (Wildman–Crippen LogP) is 2.20. The zero-order valence-corrected chi connectivity index (χ0v) is 10.7. The molecule has 0 aliphatic rings. The van der Waals surface area contributed by atoms with E-state index in [1.807, 2.05) is 13.8 Å². The maximum atomic E-state index is 13.1. The van der Waals surface area contributed by atoms with Crippen LogP contribution in [-0.4, -0.2) is 26.8 Å². The maximum absolute atomic E-state index is 13.1. The average Bonchev–Trinajstić information content (AvgIpc) is 2.16. The van der Waals surface area contributed by atoms with Gasteiger partial charge in [-0.3, -0.25) is 0 Å². The van der Waals surface area contributed by atoms with Gasteiger partial charge in [-0.1, -0.05) is 19.9 Å². The van der Waals surface area contributed by atoms with Crippen LogP contribution in [0, 0.1) is 5.82 Å². The van der Waals surface area contributed by atoms with E-state index in [1.54, 1.807) is 0 Å². The third-order valence-corrected chi connectivity index (χ3v) is 4.23. The molecule has 0 unspecified atom stereocenters. The van der Waals surface area contributed by atoms with Crippen LogP contribution in [0.1, 0.15) is 25.3 Å². The second kappa shape index (κ2) is 4.51. The summed E-state index contributed by atoms with van der Waals surface area (Å²) in [5, 5.41) is 0. The molecule has 1 aromatic rings. The highest BCUT2D eigenvalue weighted by atomic mass is 32.2. The number of halogens is 1. The summed E-state index contributed by atoms with van der Waals surface area (Å²) in [6, 6.07) is 3.88. The summed E-state index contributed by atoms with van der Waals surface area (Å²) in [4.78, 5) is 0.0486. The number of rotatable bonds is 3. The van der Waals surface area contributed by atoms with E-state index in [-0.39, 0.29) is 10.8 Å². The van der Waals surface area contributed by atoms with Crippen LogP contribution in [0.4, 0.5) is 4.39 Å². The van der Waals surface area contributed by atoms with Gasteiger partial charge in [-0.25, -0.2) is 17.1 Å². The van der Waals surface area contributed by atoms with Crippen LogP contribution in [0.3, 0.4) is 0 Å². The summed E-state index contributed by atoms with van der Waals surface area (Å²) >= 11 is 0. The Morgan fingerprint density at radius 2 is 1.81 bits per heavy atom. The molecule has 3 nitrogen and oxygen atoms in total. The minimum Gasteiger partial charge on any atom is -0.207 e. The fraction of sp³-hybridized carbons (Fsp3) is 0.455. The molecular weight excluding hydrogens is 229 g/mol. The molecule has 0 heterocycles. The van der Waals surface area contributed by atoms with Gasteiger partial charge in [-0.15, -0.1) is 0 Å². The van der Waals surface area contributed by atoms with E-state index in [9.17, 15) is 12.8 Å². The highest BCUT2D eigenvalue weighted by Gasteiger charge is 2.22. The monoisotopic (exact) mass is 245 g/mol. The van der Waals surface area contributed by atoms with Gasteiger partial charge in [0.1, 0.15) is 5.82 Å². The number of sulfonamides is 1. The molecule has 0 bridgehead atoms.